The smallest absolute Gasteiger partial charge is 0.338 e. The number of halogens is 1. The van der Waals surface area contributed by atoms with Crippen LogP contribution in [0.25, 0.3) is 0 Å². The monoisotopic (exact) mass is 385 g/mol. The Bertz CT molecular complexity index is 908. The minimum atomic E-state index is -0.667. The summed E-state index contributed by atoms with van der Waals surface area (Å²) in [4.78, 5) is 25.1. The van der Waals surface area contributed by atoms with Crippen molar-refractivity contribution in [1.82, 2.24) is 5.32 Å². The number of carbonyl (C=O) groups excluding carboxylic acids is 2. The molecule has 0 saturated carbocycles. The third kappa shape index (κ3) is 4.92. The lowest BCUT2D eigenvalue weighted by Gasteiger charge is -2.18. The van der Waals surface area contributed by atoms with Crippen LogP contribution in [0.1, 0.15) is 26.8 Å². The summed E-state index contributed by atoms with van der Waals surface area (Å²) in [5, 5.41) is 13.9. The molecule has 0 unspecified atom stereocenters. The summed E-state index contributed by atoms with van der Waals surface area (Å²) in [5.41, 5.74) is 0.950. The highest BCUT2D eigenvalue weighted by molar-refractivity contribution is 7.10. The molecule has 0 bridgehead atoms. The number of thiophene rings is 1. The van der Waals surface area contributed by atoms with Crippen molar-refractivity contribution in [3.63, 3.8) is 0 Å². The molecule has 1 atom stereocenters. The van der Waals surface area contributed by atoms with Crippen molar-refractivity contribution in [2.45, 2.75) is 6.04 Å². The summed E-state index contributed by atoms with van der Waals surface area (Å²) in [5.74, 6) is -1.48. The number of phenolic OH excluding ortho intramolecular Hbond substituents is 1. The molecule has 0 radical (unpaired) electrons. The number of esters is 1. The topological polar surface area (TPSA) is 75.6 Å². The summed E-state index contributed by atoms with van der Waals surface area (Å²) in [7, 11) is 0. The lowest BCUT2D eigenvalue weighted by atomic mass is 10.1. The van der Waals surface area contributed by atoms with E-state index in [0.717, 1.165) is 10.4 Å². The zero-order chi connectivity index (χ0) is 19.2. The molecule has 0 aliphatic rings. The predicted molar refractivity (Wildman–Crippen MR) is 99.1 cm³/mol. The molecular formula is C20H16FNO4S. The maximum absolute atomic E-state index is 13.2. The van der Waals surface area contributed by atoms with Crippen LogP contribution in [-0.4, -0.2) is 23.6 Å². The van der Waals surface area contributed by atoms with Crippen LogP contribution in [0.3, 0.4) is 0 Å². The van der Waals surface area contributed by atoms with Crippen molar-refractivity contribution in [1.29, 1.82) is 0 Å². The number of hydrogen-bond acceptors (Lipinski definition) is 5. The van der Waals surface area contributed by atoms with Crippen LogP contribution >= 0.6 is 11.3 Å². The molecule has 0 spiro atoms. The maximum atomic E-state index is 13.2. The van der Waals surface area contributed by atoms with E-state index in [1.54, 1.807) is 12.1 Å². The second-order valence-corrected chi connectivity index (χ2v) is 6.67. The Hall–Kier alpha value is -3.19. The van der Waals surface area contributed by atoms with E-state index < -0.39 is 24.5 Å². The molecule has 1 amide bonds. The molecule has 0 aliphatic heterocycles. The van der Waals surface area contributed by atoms with Crippen molar-refractivity contribution in [2.75, 3.05) is 6.61 Å². The number of hydrogen-bond donors (Lipinski definition) is 2. The van der Waals surface area contributed by atoms with Gasteiger partial charge in [-0.05, 0) is 53.4 Å². The Morgan fingerprint density at radius 3 is 2.41 bits per heavy atom. The minimum Gasteiger partial charge on any atom is -0.508 e. The van der Waals surface area contributed by atoms with Crippen molar-refractivity contribution in [3.05, 3.63) is 87.9 Å². The Balaban J connectivity index is 1.65. The number of phenols is 1. The van der Waals surface area contributed by atoms with Gasteiger partial charge < -0.3 is 15.2 Å². The van der Waals surface area contributed by atoms with Gasteiger partial charge in [0, 0.05) is 4.88 Å². The van der Waals surface area contributed by atoms with Crippen LogP contribution in [0, 0.1) is 5.82 Å². The fourth-order valence-corrected chi connectivity index (χ4v) is 3.25. The van der Waals surface area contributed by atoms with E-state index in [9.17, 15) is 19.1 Å². The number of ether oxygens (including phenoxy) is 1. The quantitative estimate of drug-likeness (QED) is 0.635. The largest absolute Gasteiger partial charge is 0.508 e. The molecule has 138 valence electrons. The van der Waals surface area contributed by atoms with E-state index in [1.165, 1.54) is 47.7 Å². The van der Waals surface area contributed by atoms with Crippen molar-refractivity contribution >= 4 is 23.2 Å². The highest BCUT2D eigenvalue weighted by Crippen LogP contribution is 2.26. The SMILES string of the molecule is O=C(COC(=O)c1ccc(O)cc1)N[C@@H](c1ccc(F)cc1)c1cccs1. The molecule has 27 heavy (non-hydrogen) atoms. The second-order valence-electron chi connectivity index (χ2n) is 5.69. The number of nitrogens with one attached hydrogen (secondary N) is 1. The lowest BCUT2D eigenvalue weighted by Crippen LogP contribution is -2.32. The minimum absolute atomic E-state index is 0.0300. The number of carbonyl (C=O) groups is 2. The normalized spacial score (nSPS) is 11.6. The number of aromatic hydroxyl groups is 1. The van der Waals surface area contributed by atoms with Gasteiger partial charge in [0.25, 0.3) is 5.91 Å². The fraction of sp³-hybridized carbons (Fsp3) is 0.100. The van der Waals surface area contributed by atoms with Crippen LogP contribution in [-0.2, 0) is 9.53 Å². The molecule has 2 aromatic carbocycles. The second kappa shape index (κ2) is 8.46. The molecule has 5 nitrogen and oxygen atoms in total. The van der Waals surface area contributed by atoms with Crippen LogP contribution in [0.15, 0.2) is 66.0 Å². The third-order valence-corrected chi connectivity index (χ3v) is 4.71. The summed E-state index contributed by atoms with van der Waals surface area (Å²) < 4.78 is 18.2. The van der Waals surface area contributed by atoms with Gasteiger partial charge in [-0.1, -0.05) is 18.2 Å². The molecule has 0 fully saturated rings. The summed E-state index contributed by atoms with van der Waals surface area (Å²) in [6.45, 7) is -0.456. The molecular weight excluding hydrogens is 369 g/mol. The first-order valence-corrected chi connectivity index (χ1v) is 8.95. The zero-order valence-corrected chi connectivity index (χ0v) is 14.9. The standard InChI is InChI=1S/C20H16FNO4S/c21-15-7-3-13(4-8-15)19(17-2-1-11-27-17)22-18(24)12-26-20(25)14-5-9-16(23)10-6-14/h1-11,19,23H,12H2,(H,22,24)/t19-/m0/s1. The first-order chi connectivity index (χ1) is 13.0. The molecule has 3 rings (SSSR count). The lowest BCUT2D eigenvalue weighted by molar-refractivity contribution is -0.124. The molecule has 0 aliphatic carbocycles. The van der Waals surface area contributed by atoms with Gasteiger partial charge in [-0.15, -0.1) is 11.3 Å². The Morgan fingerprint density at radius 2 is 1.78 bits per heavy atom. The van der Waals surface area contributed by atoms with Gasteiger partial charge in [0.05, 0.1) is 11.6 Å². The van der Waals surface area contributed by atoms with E-state index in [-0.39, 0.29) is 17.1 Å². The number of benzene rings is 2. The Kier molecular flexibility index (Phi) is 5.83. The van der Waals surface area contributed by atoms with Gasteiger partial charge >= 0.3 is 5.97 Å². The van der Waals surface area contributed by atoms with Gasteiger partial charge in [-0.3, -0.25) is 4.79 Å². The van der Waals surface area contributed by atoms with Crippen molar-refractivity contribution in [2.24, 2.45) is 0 Å². The number of rotatable bonds is 6. The van der Waals surface area contributed by atoms with Crippen LogP contribution in [0.2, 0.25) is 0 Å². The van der Waals surface area contributed by atoms with Crippen molar-refractivity contribution < 1.29 is 23.8 Å². The van der Waals surface area contributed by atoms with Crippen LogP contribution in [0.4, 0.5) is 4.39 Å². The molecule has 7 heteroatoms. The molecule has 2 N–H and O–H groups in total. The maximum Gasteiger partial charge on any atom is 0.338 e. The van der Waals surface area contributed by atoms with Crippen LogP contribution < -0.4 is 5.32 Å². The van der Waals surface area contributed by atoms with Crippen molar-refractivity contribution in [3.8, 4) is 5.75 Å². The summed E-state index contributed by atoms with van der Waals surface area (Å²) in [6.07, 6.45) is 0. The van der Waals surface area contributed by atoms with E-state index in [0.29, 0.717) is 0 Å². The van der Waals surface area contributed by atoms with Gasteiger partial charge in [0.2, 0.25) is 0 Å². The first-order valence-electron chi connectivity index (χ1n) is 8.07. The average molecular weight is 385 g/mol. The predicted octanol–water partition coefficient (Wildman–Crippen LogP) is 3.66. The van der Waals surface area contributed by atoms with Crippen LogP contribution in [0.5, 0.6) is 5.75 Å². The summed E-state index contributed by atoms with van der Waals surface area (Å²) >= 11 is 1.45. The third-order valence-electron chi connectivity index (χ3n) is 3.77. The zero-order valence-electron chi connectivity index (χ0n) is 14.1. The highest BCUT2D eigenvalue weighted by atomic mass is 32.1. The van der Waals surface area contributed by atoms with Gasteiger partial charge in [0.15, 0.2) is 6.61 Å². The first kappa shape index (κ1) is 18.6. The number of amides is 1. The summed E-state index contributed by atoms with van der Waals surface area (Å²) in [6, 6.07) is 14.6. The van der Waals surface area contributed by atoms with Gasteiger partial charge in [-0.25, -0.2) is 9.18 Å². The molecule has 0 saturated heterocycles. The van der Waals surface area contributed by atoms with E-state index in [4.69, 9.17) is 4.74 Å². The van der Waals surface area contributed by atoms with Gasteiger partial charge in [0.1, 0.15) is 11.6 Å². The average Bonchev–Trinajstić information content (AvgIpc) is 3.20. The van der Waals surface area contributed by atoms with E-state index in [2.05, 4.69) is 5.32 Å². The van der Waals surface area contributed by atoms with Gasteiger partial charge in [-0.2, -0.15) is 0 Å². The molecule has 1 heterocycles. The fourth-order valence-electron chi connectivity index (χ4n) is 2.44. The molecule has 3 aromatic rings. The Labute approximate surface area is 159 Å². The molecule has 1 aromatic heterocycles. The highest BCUT2D eigenvalue weighted by Gasteiger charge is 2.19. The Morgan fingerprint density at radius 1 is 1.07 bits per heavy atom. The van der Waals surface area contributed by atoms with E-state index in [1.807, 2.05) is 17.5 Å². The van der Waals surface area contributed by atoms with E-state index >= 15 is 0 Å².